The lowest BCUT2D eigenvalue weighted by atomic mass is 10.2. The molecule has 128 valence electrons. The highest BCUT2D eigenvalue weighted by molar-refractivity contribution is 7.15. The Morgan fingerprint density at radius 2 is 2.00 bits per heavy atom. The largest absolute Gasteiger partial charge is 0.483 e. The van der Waals surface area contributed by atoms with Gasteiger partial charge >= 0.3 is 0 Å². The number of rotatable bonds is 6. The summed E-state index contributed by atoms with van der Waals surface area (Å²) in [7, 11) is 0. The molecule has 1 N–H and O–H groups in total. The van der Waals surface area contributed by atoms with E-state index in [0.29, 0.717) is 22.3 Å². The first-order valence-corrected chi connectivity index (χ1v) is 8.85. The number of aryl methyl sites for hydroxylation is 1. The quantitative estimate of drug-likeness (QED) is 0.706. The van der Waals surface area contributed by atoms with Crippen molar-refractivity contribution in [3.05, 3.63) is 69.7 Å². The van der Waals surface area contributed by atoms with Crippen molar-refractivity contribution in [2.75, 3.05) is 11.9 Å². The minimum atomic E-state index is -0.281. The highest BCUT2D eigenvalue weighted by atomic mass is 35.5. The lowest BCUT2D eigenvalue weighted by Crippen LogP contribution is -2.20. The average Bonchev–Trinajstić information content (AvgIpc) is 3.02. The molecule has 3 aromatic rings. The number of halogens is 1. The zero-order chi connectivity index (χ0) is 17.6. The van der Waals surface area contributed by atoms with E-state index in [1.165, 1.54) is 11.3 Å². The monoisotopic (exact) mass is 373 g/mol. The molecular formula is C18H16ClN3O2S. The first kappa shape index (κ1) is 17.4. The zero-order valence-corrected chi connectivity index (χ0v) is 15.1. The summed E-state index contributed by atoms with van der Waals surface area (Å²) in [5.74, 6) is 0.346. The van der Waals surface area contributed by atoms with Crippen LogP contribution >= 0.6 is 22.9 Å². The van der Waals surface area contributed by atoms with E-state index < -0.39 is 0 Å². The second-order valence-corrected chi connectivity index (χ2v) is 6.91. The van der Waals surface area contributed by atoms with Gasteiger partial charge in [0.15, 0.2) is 6.61 Å². The summed E-state index contributed by atoms with van der Waals surface area (Å²) in [6.07, 6.45) is 0.689. The third-order valence-electron chi connectivity index (χ3n) is 3.41. The molecule has 1 heterocycles. The molecule has 0 aliphatic heterocycles. The summed E-state index contributed by atoms with van der Waals surface area (Å²) in [5.41, 5.74) is 2.03. The van der Waals surface area contributed by atoms with E-state index in [4.69, 9.17) is 16.3 Å². The third-order valence-corrected chi connectivity index (χ3v) is 4.48. The number of ether oxygens (including phenoxy) is 1. The van der Waals surface area contributed by atoms with Crippen LogP contribution in [0.1, 0.15) is 16.1 Å². The number of aromatic nitrogens is 2. The van der Waals surface area contributed by atoms with Crippen molar-refractivity contribution in [2.45, 2.75) is 13.3 Å². The van der Waals surface area contributed by atoms with Crippen LogP contribution in [0.4, 0.5) is 5.13 Å². The summed E-state index contributed by atoms with van der Waals surface area (Å²) in [6, 6.07) is 15.2. The lowest BCUT2D eigenvalue weighted by Gasteiger charge is -2.08. The first-order valence-electron chi connectivity index (χ1n) is 7.65. The smallest absolute Gasteiger partial charge is 0.264 e. The fourth-order valence-corrected chi connectivity index (χ4v) is 3.24. The number of carbonyl (C=O) groups is 1. The summed E-state index contributed by atoms with van der Waals surface area (Å²) in [6.45, 7) is 1.77. The summed E-state index contributed by atoms with van der Waals surface area (Å²) < 4.78 is 5.51. The topological polar surface area (TPSA) is 64.1 Å². The third kappa shape index (κ3) is 5.01. The maximum absolute atomic E-state index is 12.0. The second kappa shape index (κ2) is 8.09. The summed E-state index contributed by atoms with van der Waals surface area (Å²) >= 11 is 7.25. The number of anilines is 1. The molecule has 0 saturated carbocycles. The molecule has 0 fully saturated rings. The normalized spacial score (nSPS) is 10.5. The Kier molecular flexibility index (Phi) is 5.63. The van der Waals surface area contributed by atoms with E-state index in [-0.39, 0.29) is 12.5 Å². The molecule has 1 aromatic heterocycles. The number of benzene rings is 2. The molecule has 0 aliphatic carbocycles. The Balaban J connectivity index is 1.53. The number of nitrogens with one attached hydrogen (secondary N) is 1. The number of amides is 1. The van der Waals surface area contributed by atoms with Crippen molar-refractivity contribution >= 4 is 34.0 Å². The van der Waals surface area contributed by atoms with Crippen molar-refractivity contribution in [3.8, 4) is 5.75 Å². The lowest BCUT2D eigenvalue weighted by molar-refractivity contribution is -0.118. The van der Waals surface area contributed by atoms with Gasteiger partial charge in [-0.2, -0.15) is 0 Å². The van der Waals surface area contributed by atoms with Gasteiger partial charge in [0.05, 0.1) is 0 Å². The molecule has 0 bridgehead atoms. The van der Waals surface area contributed by atoms with Crippen LogP contribution in [0.2, 0.25) is 5.02 Å². The van der Waals surface area contributed by atoms with Crippen LogP contribution in [0.15, 0.2) is 48.5 Å². The Bertz CT molecular complexity index is 868. The van der Waals surface area contributed by atoms with E-state index in [2.05, 4.69) is 15.5 Å². The molecule has 1 amide bonds. The van der Waals surface area contributed by atoms with Crippen molar-refractivity contribution in [3.63, 3.8) is 0 Å². The molecule has 0 unspecified atom stereocenters. The van der Waals surface area contributed by atoms with Gasteiger partial charge in [-0.3, -0.25) is 10.1 Å². The van der Waals surface area contributed by atoms with E-state index in [1.54, 1.807) is 18.2 Å². The van der Waals surface area contributed by atoms with Gasteiger partial charge in [0.2, 0.25) is 5.13 Å². The maximum Gasteiger partial charge on any atom is 0.264 e. The Morgan fingerprint density at radius 1 is 1.20 bits per heavy atom. The predicted octanol–water partition coefficient (Wildman–Crippen LogP) is 4.11. The van der Waals surface area contributed by atoms with Gasteiger partial charge in [-0.15, -0.1) is 10.2 Å². The SMILES string of the molecule is Cc1cc(Cl)ccc1OCC(=O)Nc1nnc(Cc2ccccc2)s1. The summed E-state index contributed by atoms with van der Waals surface area (Å²) in [4.78, 5) is 12.0. The predicted molar refractivity (Wildman–Crippen MR) is 99.5 cm³/mol. The van der Waals surface area contributed by atoms with Gasteiger partial charge in [-0.25, -0.2) is 0 Å². The second-order valence-electron chi connectivity index (χ2n) is 5.41. The van der Waals surface area contributed by atoms with Crippen LogP contribution in [0, 0.1) is 6.92 Å². The zero-order valence-electron chi connectivity index (χ0n) is 13.5. The Morgan fingerprint density at radius 3 is 2.76 bits per heavy atom. The van der Waals surface area contributed by atoms with Crippen molar-refractivity contribution in [1.29, 1.82) is 0 Å². The van der Waals surface area contributed by atoms with Crippen LogP contribution in [0.25, 0.3) is 0 Å². The Hall–Kier alpha value is -2.44. The van der Waals surface area contributed by atoms with Gasteiger partial charge in [0.1, 0.15) is 10.8 Å². The highest BCUT2D eigenvalue weighted by Crippen LogP contribution is 2.22. The molecule has 2 aromatic carbocycles. The van der Waals surface area contributed by atoms with Crippen LogP contribution in [0.3, 0.4) is 0 Å². The summed E-state index contributed by atoms with van der Waals surface area (Å²) in [5, 5.41) is 12.8. The molecular weight excluding hydrogens is 358 g/mol. The first-order chi connectivity index (χ1) is 12.1. The molecule has 0 radical (unpaired) electrons. The van der Waals surface area contributed by atoms with Crippen LogP contribution in [-0.2, 0) is 11.2 Å². The van der Waals surface area contributed by atoms with E-state index in [1.807, 2.05) is 37.3 Å². The van der Waals surface area contributed by atoms with Crippen molar-refractivity contribution in [2.24, 2.45) is 0 Å². The molecule has 3 rings (SSSR count). The van der Waals surface area contributed by atoms with Gasteiger partial charge < -0.3 is 4.74 Å². The van der Waals surface area contributed by atoms with Gasteiger partial charge in [0.25, 0.3) is 5.91 Å². The van der Waals surface area contributed by atoms with Gasteiger partial charge in [-0.1, -0.05) is 53.3 Å². The van der Waals surface area contributed by atoms with E-state index in [0.717, 1.165) is 16.1 Å². The van der Waals surface area contributed by atoms with Gasteiger partial charge in [-0.05, 0) is 36.2 Å². The molecule has 0 atom stereocenters. The molecule has 7 heteroatoms. The van der Waals surface area contributed by atoms with Gasteiger partial charge in [0, 0.05) is 11.4 Å². The standard InChI is InChI=1S/C18H16ClN3O2S/c1-12-9-14(19)7-8-15(12)24-11-16(23)20-18-22-21-17(25-18)10-13-5-3-2-4-6-13/h2-9H,10-11H2,1H3,(H,20,22,23). The minimum absolute atomic E-state index is 0.101. The Labute approximate surface area is 154 Å². The number of hydrogen-bond acceptors (Lipinski definition) is 5. The fourth-order valence-electron chi connectivity index (χ4n) is 2.22. The molecule has 0 aliphatic rings. The van der Waals surface area contributed by atoms with Crippen LogP contribution < -0.4 is 10.1 Å². The number of hydrogen-bond donors (Lipinski definition) is 1. The van der Waals surface area contributed by atoms with Crippen molar-refractivity contribution < 1.29 is 9.53 Å². The average molecular weight is 374 g/mol. The minimum Gasteiger partial charge on any atom is -0.483 e. The maximum atomic E-state index is 12.0. The highest BCUT2D eigenvalue weighted by Gasteiger charge is 2.10. The molecule has 0 saturated heterocycles. The van der Waals surface area contributed by atoms with E-state index in [9.17, 15) is 4.79 Å². The van der Waals surface area contributed by atoms with Crippen LogP contribution in [0.5, 0.6) is 5.75 Å². The van der Waals surface area contributed by atoms with E-state index >= 15 is 0 Å². The molecule has 0 spiro atoms. The van der Waals surface area contributed by atoms with Crippen molar-refractivity contribution in [1.82, 2.24) is 10.2 Å². The molecule has 5 nitrogen and oxygen atoms in total. The number of carbonyl (C=O) groups excluding carboxylic acids is 1. The van der Waals surface area contributed by atoms with Crippen LogP contribution in [-0.4, -0.2) is 22.7 Å². The fraction of sp³-hybridized carbons (Fsp3) is 0.167. The molecule has 25 heavy (non-hydrogen) atoms. The number of nitrogens with zero attached hydrogens (tertiary/aromatic N) is 2.